The van der Waals surface area contributed by atoms with Gasteiger partial charge >= 0.3 is 0 Å². The Hall–Kier alpha value is -0.940. The van der Waals surface area contributed by atoms with Gasteiger partial charge in [-0.2, -0.15) is 11.8 Å². The topological polar surface area (TPSA) is 82.2 Å². The van der Waals surface area contributed by atoms with Crippen LogP contribution >= 0.6 is 11.8 Å². The van der Waals surface area contributed by atoms with Crippen molar-refractivity contribution in [3.8, 4) is 0 Å². The van der Waals surface area contributed by atoms with Crippen LogP contribution < -0.4 is 11.5 Å². The number of amides is 1. The van der Waals surface area contributed by atoms with Gasteiger partial charge in [0.25, 0.3) is 0 Å². The summed E-state index contributed by atoms with van der Waals surface area (Å²) in [4.78, 5) is 10.9. The third kappa shape index (κ3) is 3.28. The summed E-state index contributed by atoms with van der Waals surface area (Å²) >= 11 is 1.54. The molecule has 0 saturated carbocycles. The Labute approximate surface area is 93.4 Å². The molecule has 0 saturated heterocycles. The summed E-state index contributed by atoms with van der Waals surface area (Å²) in [5.74, 6) is 1.63. The Morgan fingerprint density at radius 2 is 2.33 bits per heavy atom. The van der Waals surface area contributed by atoms with Crippen LogP contribution in [0.4, 0.5) is 0 Å². The molecular weight excluding hydrogens is 212 g/mol. The molecule has 1 amide bonds. The molecule has 1 rings (SSSR count). The molecule has 1 atom stereocenters. The van der Waals surface area contributed by atoms with E-state index in [0.29, 0.717) is 11.5 Å². The summed E-state index contributed by atoms with van der Waals surface area (Å²) in [6.45, 7) is 3.62. The number of aryl methyl sites for hydroxylation is 1. The number of primary amides is 1. The van der Waals surface area contributed by atoms with E-state index in [1.807, 2.05) is 13.0 Å². The second kappa shape index (κ2) is 4.72. The molecule has 1 aromatic rings. The third-order valence-corrected chi connectivity index (χ3v) is 3.44. The lowest BCUT2D eigenvalue weighted by Gasteiger charge is -2.19. The average Bonchev–Trinajstić information content (AvgIpc) is 2.51. The fourth-order valence-corrected chi connectivity index (χ4v) is 2.13. The highest BCUT2D eigenvalue weighted by Gasteiger charge is 2.25. The number of carbonyl (C=O) groups is 1. The van der Waals surface area contributed by atoms with E-state index in [-0.39, 0.29) is 0 Å². The van der Waals surface area contributed by atoms with E-state index in [4.69, 9.17) is 15.9 Å². The molecule has 84 valence electrons. The number of carbonyl (C=O) groups excluding carboxylic acids is 1. The Morgan fingerprint density at radius 3 is 2.80 bits per heavy atom. The summed E-state index contributed by atoms with van der Waals surface area (Å²) in [7, 11) is 0. The van der Waals surface area contributed by atoms with E-state index in [1.165, 1.54) is 0 Å². The fraction of sp³-hybridized carbons (Fsp3) is 0.500. The van der Waals surface area contributed by atoms with Gasteiger partial charge in [-0.25, -0.2) is 0 Å². The number of rotatable bonds is 5. The molecule has 1 heterocycles. The summed E-state index contributed by atoms with van der Waals surface area (Å²) in [6.07, 6.45) is 1.65. The fourth-order valence-electron chi connectivity index (χ4n) is 0.979. The zero-order chi connectivity index (χ0) is 11.5. The van der Waals surface area contributed by atoms with Gasteiger partial charge in [0.1, 0.15) is 11.3 Å². The van der Waals surface area contributed by atoms with Crippen LogP contribution in [-0.4, -0.2) is 17.2 Å². The first-order valence-electron chi connectivity index (χ1n) is 4.63. The molecule has 5 heteroatoms. The molecule has 0 bridgehead atoms. The summed E-state index contributed by atoms with van der Waals surface area (Å²) in [5.41, 5.74) is 11.0. The molecule has 0 aliphatic carbocycles. The van der Waals surface area contributed by atoms with Crippen LogP contribution in [0, 0.1) is 6.92 Å². The summed E-state index contributed by atoms with van der Waals surface area (Å²) in [6, 6.07) is 1.91. The van der Waals surface area contributed by atoms with Crippen molar-refractivity contribution in [1.29, 1.82) is 0 Å². The van der Waals surface area contributed by atoms with Crippen LogP contribution in [0.1, 0.15) is 18.2 Å². The molecular formula is C10H16N2O2S. The monoisotopic (exact) mass is 228 g/mol. The smallest absolute Gasteiger partial charge is 0.238 e. The van der Waals surface area contributed by atoms with Gasteiger partial charge < -0.3 is 15.9 Å². The normalized spacial score (nSPS) is 14.9. The van der Waals surface area contributed by atoms with Crippen molar-refractivity contribution < 1.29 is 9.21 Å². The van der Waals surface area contributed by atoms with Crippen molar-refractivity contribution in [1.82, 2.24) is 0 Å². The van der Waals surface area contributed by atoms with Crippen molar-refractivity contribution >= 4 is 17.7 Å². The number of hydrogen-bond donors (Lipinski definition) is 2. The average molecular weight is 228 g/mol. The van der Waals surface area contributed by atoms with Crippen LogP contribution in [0.2, 0.25) is 0 Å². The highest BCUT2D eigenvalue weighted by molar-refractivity contribution is 7.98. The second-order valence-corrected chi connectivity index (χ2v) is 4.79. The highest BCUT2D eigenvalue weighted by atomic mass is 32.2. The lowest BCUT2D eigenvalue weighted by Crippen LogP contribution is -2.51. The van der Waals surface area contributed by atoms with Crippen LogP contribution in [0.3, 0.4) is 0 Å². The van der Waals surface area contributed by atoms with Gasteiger partial charge in [-0.3, -0.25) is 4.79 Å². The standard InChI is InChI=1S/C10H16N2O2S/c1-7-3-4-14-8(7)5-15-6-10(2,12)9(11)13/h3-4H,5-6,12H2,1-2H3,(H2,11,13). The predicted molar refractivity (Wildman–Crippen MR) is 61.4 cm³/mol. The quantitative estimate of drug-likeness (QED) is 0.788. The first-order chi connectivity index (χ1) is 6.93. The molecule has 0 aromatic carbocycles. The maximum atomic E-state index is 10.9. The van der Waals surface area contributed by atoms with Crippen LogP contribution in [0.15, 0.2) is 16.7 Å². The van der Waals surface area contributed by atoms with Crippen molar-refractivity contribution in [2.75, 3.05) is 5.75 Å². The SMILES string of the molecule is Cc1ccoc1CSCC(C)(N)C(N)=O. The van der Waals surface area contributed by atoms with Gasteiger partial charge in [0.15, 0.2) is 0 Å². The zero-order valence-corrected chi connectivity index (χ0v) is 9.76. The number of nitrogens with two attached hydrogens (primary N) is 2. The molecule has 4 nitrogen and oxygen atoms in total. The molecule has 0 spiro atoms. The third-order valence-electron chi connectivity index (χ3n) is 2.17. The first-order valence-corrected chi connectivity index (χ1v) is 5.78. The minimum absolute atomic E-state index is 0.480. The largest absolute Gasteiger partial charge is 0.468 e. The molecule has 0 fully saturated rings. The number of furan rings is 1. The maximum Gasteiger partial charge on any atom is 0.238 e. The molecule has 4 N–H and O–H groups in total. The van der Waals surface area contributed by atoms with Gasteiger partial charge in [0, 0.05) is 5.75 Å². The van der Waals surface area contributed by atoms with E-state index in [9.17, 15) is 4.79 Å². The molecule has 0 aliphatic heterocycles. The Bertz CT molecular complexity index is 347. The van der Waals surface area contributed by atoms with Crippen LogP contribution in [0.25, 0.3) is 0 Å². The van der Waals surface area contributed by atoms with E-state index < -0.39 is 11.4 Å². The molecule has 1 aromatic heterocycles. The second-order valence-electron chi connectivity index (χ2n) is 3.80. The van der Waals surface area contributed by atoms with Gasteiger partial charge in [-0.05, 0) is 25.5 Å². The minimum atomic E-state index is -0.953. The van der Waals surface area contributed by atoms with E-state index in [0.717, 1.165) is 11.3 Å². The summed E-state index contributed by atoms with van der Waals surface area (Å²) in [5, 5.41) is 0. The van der Waals surface area contributed by atoms with E-state index >= 15 is 0 Å². The first kappa shape index (κ1) is 12.1. The van der Waals surface area contributed by atoms with Gasteiger partial charge in [-0.1, -0.05) is 0 Å². The van der Waals surface area contributed by atoms with Gasteiger partial charge in [0.2, 0.25) is 5.91 Å². The van der Waals surface area contributed by atoms with E-state index in [1.54, 1.807) is 24.9 Å². The zero-order valence-electron chi connectivity index (χ0n) is 8.95. The van der Waals surface area contributed by atoms with Crippen molar-refractivity contribution in [2.45, 2.75) is 25.1 Å². The molecule has 0 radical (unpaired) electrons. The lowest BCUT2D eigenvalue weighted by molar-refractivity contribution is -0.121. The van der Waals surface area contributed by atoms with Crippen molar-refractivity contribution in [3.05, 3.63) is 23.7 Å². The molecule has 15 heavy (non-hydrogen) atoms. The van der Waals surface area contributed by atoms with Crippen molar-refractivity contribution in [3.63, 3.8) is 0 Å². The van der Waals surface area contributed by atoms with Crippen LogP contribution in [0.5, 0.6) is 0 Å². The predicted octanol–water partition coefficient (Wildman–Crippen LogP) is 1.02. The van der Waals surface area contributed by atoms with Gasteiger partial charge in [0.05, 0.1) is 12.0 Å². The van der Waals surface area contributed by atoms with Gasteiger partial charge in [-0.15, -0.1) is 0 Å². The number of thioether (sulfide) groups is 1. The Balaban J connectivity index is 2.40. The lowest BCUT2D eigenvalue weighted by atomic mass is 10.1. The minimum Gasteiger partial charge on any atom is -0.468 e. The molecule has 0 aliphatic rings. The highest BCUT2D eigenvalue weighted by Crippen LogP contribution is 2.19. The Morgan fingerprint density at radius 1 is 1.67 bits per heavy atom. The van der Waals surface area contributed by atoms with Crippen molar-refractivity contribution in [2.24, 2.45) is 11.5 Å². The maximum absolute atomic E-state index is 10.9. The molecule has 1 unspecified atom stereocenters. The number of hydrogen-bond acceptors (Lipinski definition) is 4. The van der Waals surface area contributed by atoms with E-state index in [2.05, 4.69) is 0 Å². The van der Waals surface area contributed by atoms with Crippen LogP contribution in [-0.2, 0) is 10.5 Å². The summed E-state index contributed by atoms with van der Waals surface area (Å²) < 4.78 is 5.26. The Kier molecular flexibility index (Phi) is 3.82.